The maximum absolute atomic E-state index is 14.2. The third kappa shape index (κ3) is 3.42. The first kappa shape index (κ1) is 23.5. The number of halogens is 1. The summed E-state index contributed by atoms with van der Waals surface area (Å²) < 4.78 is 10.8. The highest BCUT2D eigenvalue weighted by Gasteiger charge is 2.63. The Morgan fingerprint density at radius 2 is 1.67 bits per heavy atom. The van der Waals surface area contributed by atoms with E-state index in [0.29, 0.717) is 27.6 Å². The lowest BCUT2D eigenvalue weighted by Crippen LogP contribution is -2.37. The van der Waals surface area contributed by atoms with Gasteiger partial charge in [0.2, 0.25) is 0 Å². The van der Waals surface area contributed by atoms with Gasteiger partial charge in [0, 0.05) is 22.7 Å². The van der Waals surface area contributed by atoms with Crippen LogP contribution in [0.4, 0.5) is 0 Å². The second-order valence-corrected chi connectivity index (χ2v) is 9.23. The van der Waals surface area contributed by atoms with Gasteiger partial charge in [-0.25, -0.2) is 0 Å². The quantitative estimate of drug-likeness (QED) is 0.418. The van der Waals surface area contributed by atoms with Gasteiger partial charge >= 0.3 is 0 Å². The van der Waals surface area contributed by atoms with Crippen molar-refractivity contribution in [2.75, 3.05) is 14.2 Å². The number of rotatable bonds is 5. The SMILES string of the molecule is COc1ccc(C(=O)[C@@H]2[C@H](c3ccc(Cl)cc3)C(C#N)(C#N)[C@H]3c4ccccc4C=CN23)cc1OC. The number of methoxy groups -OCH3 is 2. The van der Waals surface area contributed by atoms with Crippen molar-refractivity contribution in [3.8, 4) is 23.6 Å². The molecule has 0 saturated carbocycles. The van der Waals surface area contributed by atoms with Gasteiger partial charge in [0.25, 0.3) is 0 Å². The highest BCUT2D eigenvalue weighted by atomic mass is 35.5. The van der Waals surface area contributed by atoms with Crippen molar-refractivity contribution in [2.45, 2.75) is 18.0 Å². The smallest absolute Gasteiger partial charge is 0.186 e. The molecule has 0 spiro atoms. The van der Waals surface area contributed by atoms with Crippen molar-refractivity contribution in [3.63, 3.8) is 0 Å². The maximum atomic E-state index is 14.2. The van der Waals surface area contributed by atoms with Gasteiger partial charge in [-0.05, 0) is 53.1 Å². The van der Waals surface area contributed by atoms with E-state index >= 15 is 0 Å². The molecule has 3 aromatic rings. The zero-order valence-electron chi connectivity index (χ0n) is 19.7. The van der Waals surface area contributed by atoms with Crippen LogP contribution in [0.2, 0.25) is 5.02 Å². The Hall–Kier alpha value is -4.26. The molecule has 0 amide bonds. The summed E-state index contributed by atoms with van der Waals surface area (Å²) in [7, 11) is 3.04. The molecule has 6 nitrogen and oxygen atoms in total. The normalized spacial score (nSPS) is 21.0. The molecule has 0 unspecified atom stereocenters. The molecule has 1 fully saturated rings. The van der Waals surface area contributed by atoms with Gasteiger partial charge in [-0.15, -0.1) is 0 Å². The molecule has 0 radical (unpaired) electrons. The Kier molecular flexibility index (Phi) is 5.92. The Bertz CT molecular complexity index is 1440. The van der Waals surface area contributed by atoms with E-state index in [9.17, 15) is 15.3 Å². The number of nitriles is 2. The van der Waals surface area contributed by atoms with E-state index in [2.05, 4.69) is 12.1 Å². The zero-order valence-corrected chi connectivity index (χ0v) is 20.4. The van der Waals surface area contributed by atoms with Gasteiger partial charge in [0.15, 0.2) is 22.7 Å². The van der Waals surface area contributed by atoms with Crippen LogP contribution in [0.5, 0.6) is 11.5 Å². The summed E-state index contributed by atoms with van der Waals surface area (Å²) in [5, 5.41) is 21.7. The summed E-state index contributed by atoms with van der Waals surface area (Å²) in [5.41, 5.74) is 1.31. The van der Waals surface area contributed by atoms with Gasteiger partial charge < -0.3 is 14.4 Å². The van der Waals surface area contributed by atoms with Crippen LogP contribution in [0.1, 0.15) is 39.0 Å². The molecular weight excluding hydrogens is 474 g/mol. The van der Waals surface area contributed by atoms with Crippen LogP contribution < -0.4 is 9.47 Å². The zero-order chi connectivity index (χ0) is 25.4. The summed E-state index contributed by atoms with van der Waals surface area (Å²) in [6, 6.07) is 22.9. The highest BCUT2D eigenvalue weighted by molar-refractivity contribution is 6.30. The van der Waals surface area contributed by atoms with Gasteiger partial charge in [0.05, 0.1) is 32.4 Å². The predicted molar refractivity (Wildman–Crippen MR) is 136 cm³/mol. The maximum Gasteiger partial charge on any atom is 0.186 e. The third-order valence-electron chi connectivity index (χ3n) is 7.11. The highest BCUT2D eigenvalue weighted by Crippen LogP contribution is 2.60. The molecule has 0 aliphatic carbocycles. The Labute approximate surface area is 214 Å². The van der Waals surface area contributed by atoms with Gasteiger partial charge in [-0.2, -0.15) is 10.5 Å². The van der Waals surface area contributed by atoms with Crippen LogP contribution in [-0.2, 0) is 0 Å². The number of hydrogen-bond acceptors (Lipinski definition) is 6. The van der Waals surface area contributed by atoms with Crippen LogP contribution in [-0.4, -0.2) is 30.9 Å². The average molecular weight is 496 g/mol. The fraction of sp³-hybridized carbons (Fsp3) is 0.207. The van der Waals surface area contributed by atoms with E-state index in [1.165, 1.54) is 14.2 Å². The molecule has 2 heterocycles. The van der Waals surface area contributed by atoms with Crippen LogP contribution in [0.25, 0.3) is 6.08 Å². The van der Waals surface area contributed by atoms with Crippen LogP contribution >= 0.6 is 11.6 Å². The number of fused-ring (bicyclic) bond motifs is 3. The lowest BCUT2D eigenvalue weighted by molar-refractivity contribution is 0.0874. The van der Waals surface area contributed by atoms with E-state index in [0.717, 1.165) is 11.1 Å². The van der Waals surface area contributed by atoms with Crippen molar-refractivity contribution in [1.82, 2.24) is 4.90 Å². The summed E-state index contributed by atoms with van der Waals surface area (Å²) in [6.45, 7) is 0. The summed E-state index contributed by atoms with van der Waals surface area (Å²) in [5.74, 6) is -0.0430. The largest absolute Gasteiger partial charge is 0.493 e. The molecule has 2 aliphatic rings. The van der Waals surface area contributed by atoms with Crippen LogP contribution in [0, 0.1) is 28.1 Å². The minimum absolute atomic E-state index is 0.225. The number of carbonyl (C=O) groups is 1. The number of benzene rings is 3. The van der Waals surface area contributed by atoms with Crippen molar-refractivity contribution < 1.29 is 14.3 Å². The molecule has 1 saturated heterocycles. The minimum atomic E-state index is -1.54. The Morgan fingerprint density at radius 1 is 0.972 bits per heavy atom. The lowest BCUT2D eigenvalue weighted by atomic mass is 9.67. The number of Topliss-reactive ketones (excluding diaryl/α,β-unsaturated/α-hetero) is 1. The molecular formula is C29H22ClN3O3. The fourth-order valence-corrected chi connectivity index (χ4v) is 5.62. The predicted octanol–water partition coefficient (Wildman–Crippen LogP) is 5.77. The molecule has 7 heteroatoms. The van der Waals surface area contributed by atoms with E-state index in [1.54, 1.807) is 42.5 Å². The van der Waals surface area contributed by atoms with Crippen LogP contribution in [0.3, 0.4) is 0 Å². The second kappa shape index (κ2) is 9.07. The minimum Gasteiger partial charge on any atom is -0.493 e. The molecule has 0 bridgehead atoms. The van der Waals surface area contributed by atoms with Crippen LogP contribution in [0.15, 0.2) is 72.9 Å². The molecule has 178 valence electrons. The van der Waals surface area contributed by atoms with E-state index in [1.807, 2.05) is 41.4 Å². The van der Waals surface area contributed by atoms with E-state index in [4.69, 9.17) is 21.1 Å². The van der Waals surface area contributed by atoms with Gasteiger partial charge in [-0.3, -0.25) is 4.79 Å². The van der Waals surface area contributed by atoms with E-state index in [-0.39, 0.29) is 5.78 Å². The topological polar surface area (TPSA) is 86.3 Å². The first-order valence-electron chi connectivity index (χ1n) is 11.4. The lowest BCUT2D eigenvalue weighted by Gasteiger charge is -2.34. The first-order chi connectivity index (χ1) is 17.5. The van der Waals surface area contributed by atoms with Crippen molar-refractivity contribution >= 4 is 23.5 Å². The monoisotopic (exact) mass is 495 g/mol. The fourth-order valence-electron chi connectivity index (χ4n) is 5.50. The van der Waals surface area contributed by atoms with Gasteiger partial charge in [0.1, 0.15) is 6.04 Å². The molecule has 2 aliphatic heterocycles. The standard InChI is InChI=1S/C29H22ClN3O3/c1-35-23-12-9-20(15-24(23)36-2)27(34)26-25(19-7-10-21(30)11-8-19)29(16-31,17-32)28-22-6-4-3-5-18(22)13-14-33(26)28/h3-15,25-26,28H,1-2H3/t25-,26-,28+/m0/s1. The Balaban J connectivity index is 1.74. The molecule has 36 heavy (non-hydrogen) atoms. The van der Waals surface area contributed by atoms with Crippen molar-refractivity contribution in [1.29, 1.82) is 10.5 Å². The number of nitrogens with zero attached hydrogens (tertiary/aromatic N) is 3. The number of carbonyl (C=O) groups excluding carboxylic acids is 1. The number of ketones is 1. The summed E-state index contributed by atoms with van der Waals surface area (Å²) in [4.78, 5) is 16.1. The summed E-state index contributed by atoms with van der Waals surface area (Å²) >= 11 is 6.16. The van der Waals surface area contributed by atoms with Crippen molar-refractivity contribution in [3.05, 3.63) is 100 Å². The molecule has 5 rings (SSSR count). The Morgan fingerprint density at radius 3 is 2.33 bits per heavy atom. The number of ether oxygens (including phenoxy) is 2. The molecule has 3 atom stereocenters. The number of hydrogen-bond donors (Lipinski definition) is 0. The van der Waals surface area contributed by atoms with Gasteiger partial charge in [-0.1, -0.05) is 48.0 Å². The average Bonchev–Trinajstić information content (AvgIpc) is 3.23. The molecule has 0 N–H and O–H groups in total. The second-order valence-electron chi connectivity index (χ2n) is 8.80. The molecule has 0 aromatic heterocycles. The first-order valence-corrected chi connectivity index (χ1v) is 11.8. The molecule has 3 aromatic carbocycles. The third-order valence-corrected chi connectivity index (χ3v) is 7.36. The summed E-state index contributed by atoms with van der Waals surface area (Å²) in [6.07, 6.45) is 3.75. The van der Waals surface area contributed by atoms with E-state index < -0.39 is 23.4 Å². The van der Waals surface area contributed by atoms with Crippen molar-refractivity contribution in [2.24, 2.45) is 5.41 Å².